The highest BCUT2D eigenvalue weighted by atomic mass is 35.5. The van der Waals surface area contributed by atoms with Crippen LogP contribution in [-0.4, -0.2) is 20.6 Å². The molecule has 1 aromatic heterocycles. The molecule has 0 bridgehead atoms. The third-order valence-corrected chi connectivity index (χ3v) is 4.38. The van der Waals surface area contributed by atoms with E-state index < -0.39 is 10.8 Å². The quantitative estimate of drug-likeness (QED) is 0.355. The van der Waals surface area contributed by atoms with Gasteiger partial charge in [-0.3, -0.25) is 14.9 Å². The number of nitrogens with one attached hydrogen (secondary N) is 1. The van der Waals surface area contributed by atoms with Crippen LogP contribution in [0.2, 0.25) is 10.0 Å². The van der Waals surface area contributed by atoms with E-state index in [9.17, 15) is 14.9 Å². The van der Waals surface area contributed by atoms with E-state index in [1.54, 1.807) is 35.1 Å². The molecule has 0 aliphatic heterocycles. The average Bonchev–Trinajstić information content (AvgIpc) is 3.09. The molecule has 0 atom stereocenters. The SMILES string of the molecule is O=C(/C=C/c1ccc(Cl)c([N+](=O)[O-])c1)Nc1ccnn1Cc1ccc(Cl)cc1. The zero-order chi connectivity index (χ0) is 20.1. The van der Waals surface area contributed by atoms with Crippen molar-refractivity contribution in [3.63, 3.8) is 0 Å². The maximum Gasteiger partial charge on any atom is 0.288 e. The Morgan fingerprint density at radius 3 is 2.64 bits per heavy atom. The van der Waals surface area contributed by atoms with Crippen molar-refractivity contribution in [3.8, 4) is 0 Å². The van der Waals surface area contributed by atoms with Crippen LogP contribution in [0, 0.1) is 10.1 Å². The lowest BCUT2D eigenvalue weighted by Gasteiger charge is -2.08. The lowest BCUT2D eigenvalue weighted by Crippen LogP contribution is -2.13. The largest absolute Gasteiger partial charge is 0.307 e. The molecule has 0 aliphatic rings. The van der Waals surface area contributed by atoms with Gasteiger partial charge in [0.2, 0.25) is 5.91 Å². The molecule has 142 valence electrons. The van der Waals surface area contributed by atoms with Crippen LogP contribution in [-0.2, 0) is 11.3 Å². The molecule has 0 saturated carbocycles. The number of nitro benzene ring substituents is 1. The van der Waals surface area contributed by atoms with E-state index in [0.29, 0.717) is 22.9 Å². The summed E-state index contributed by atoms with van der Waals surface area (Å²) in [6, 6.07) is 13.3. The molecule has 1 heterocycles. The van der Waals surface area contributed by atoms with Crippen LogP contribution in [0.1, 0.15) is 11.1 Å². The molecule has 0 spiro atoms. The predicted octanol–water partition coefficient (Wildman–Crippen LogP) is 4.80. The van der Waals surface area contributed by atoms with Gasteiger partial charge in [-0.25, -0.2) is 4.68 Å². The zero-order valence-electron chi connectivity index (χ0n) is 14.4. The Morgan fingerprint density at radius 2 is 1.93 bits per heavy atom. The zero-order valence-corrected chi connectivity index (χ0v) is 15.9. The number of benzene rings is 2. The number of hydrogen-bond donors (Lipinski definition) is 1. The fourth-order valence-corrected chi connectivity index (χ4v) is 2.75. The van der Waals surface area contributed by atoms with E-state index in [1.807, 2.05) is 12.1 Å². The highest BCUT2D eigenvalue weighted by Crippen LogP contribution is 2.25. The maximum absolute atomic E-state index is 12.2. The third-order valence-electron chi connectivity index (χ3n) is 3.81. The highest BCUT2D eigenvalue weighted by molar-refractivity contribution is 6.32. The molecule has 3 rings (SSSR count). The molecule has 1 amide bonds. The van der Waals surface area contributed by atoms with E-state index in [4.69, 9.17) is 23.2 Å². The number of anilines is 1. The first-order chi connectivity index (χ1) is 13.4. The summed E-state index contributed by atoms with van der Waals surface area (Å²) in [6.07, 6.45) is 4.34. The normalized spacial score (nSPS) is 10.9. The number of hydrogen-bond acceptors (Lipinski definition) is 4. The van der Waals surface area contributed by atoms with Gasteiger partial charge >= 0.3 is 0 Å². The Kier molecular flexibility index (Phi) is 6.08. The van der Waals surface area contributed by atoms with Crippen molar-refractivity contribution in [3.05, 3.63) is 92.1 Å². The first-order valence-corrected chi connectivity index (χ1v) is 8.87. The molecule has 0 radical (unpaired) electrons. The minimum Gasteiger partial charge on any atom is -0.307 e. The van der Waals surface area contributed by atoms with E-state index >= 15 is 0 Å². The van der Waals surface area contributed by atoms with Crippen molar-refractivity contribution < 1.29 is 9.72 Å². The van der Waals surface area contributed by atoms with Crippen LogP contribution in [0.25, 0.3) is 6.08 Å². The number of nitrogens with zero attached hydrogens (tertiary/aromatic N) is 3. The van der Waals surface area contributed by atoms with E-state index in [-0.39, 0.29) is 10.7 Å². The van der Waals surface area contributed by atoms with Gasteiger partial charge in [-0.05, 0) is 35.4 Å². The summed E-state index contributed by atoms with van der Waals surface area (Å²) in [5.41, 5.74) is 1.25. The Bertz CT molecular complexity index is 1050. The van der Waals surface area contributed by atoms with Crippen LogP contribution < -0.4 is 5.32 Å². The van der Waals surface area contributed by atoms with Crippen molar-refractivity contribution in [2.75, 3.05) is 5.32 Å². The summed E-state index contributed by atoms with van der Waals surface area (Å²) in [5, 5.41) is 18.5. The molecule has 7 nitrogen and oxygen atoms in total. The van der Waals surface area contributed by atoms with Crippen LogP contribution in [0.4, 0.5) is 11.5 Å². The number of rotatable bonds is 6. The standard InChI is InChI=1S/C19H14Cl2N4O3/c20-15-5-1-14(2-6-15)12-24-18(9-10-22-24)23-19(26)8-4-13-3-7-16(21)17(11-13)25(27)28/h1-11H,12H2,(H,23,26)/b8-4+. The van der Waals surface area contributed by atoms with Crippen molar-refractivity contribution in [1.82, 2.24) is 9.78 Å². The molecular formula is C19H14Cl2N4O3. The van der Waals surface area contributed by atoms with Gasteiger partial charge in [-0.1, -0.05) is 41.4 Å². The molecule has 0 fully saturated rings. The molecule has 0 saturated heterocycles. The van der Waals surface area contributed by atoms with Crippen LogP contribution in [0.5, 0.6) is 0 Å². The third kappa shape index (κ3) is 4.97. The van der Waals surface area contributed by atoms with Crippen molar-refractivity contribution in [1.29, 1.82) is 0 Å². The average molecular weight is 417 g/mol. The minimum atomic E-state index is -0.574. The molecule has 9 heteroatoms. The summed E-state index contributed by atoms with van der Waals surface area (Å²) in [5.74, 6) is 0.127. The lowest BCUT2D eigenvalue weighted by atomic mass is 10.2. The van der Waals surface area contributed by atoms with Gasteiger partial charge < -0.3 is 5.32 Å². The van der Waals surface area contributed by atoms with Gasteiger partial charge in [0.05, 0.1) is 17.7 Å². The number of carbonyl (C=O) groups excluding carboxylic acids is 1. The van der Waals surface area contributed by atoms with E-state index in [1.165, 1.54) is 24.3 Å². The Morgan fingerprint density at radius 1 is 1.18 bits per heavy atom. The Labute approximate surface area is 170 Å². The summed E-state index contributed by atoms with van der Waals surface area (Å²) < 4.78 is 1.64. The second kappa shape index (κ2) is 8.69. The number of aromatic nitrogens is 2. The maximum atomic E-state index is 12.2. The number of carbonyl (C=O) groups is 1. The topological polar surface area (TPSA) is 90.1 Å². The first-order valence-electron chi connectivity index (χ1n) is 8.11. The number of nitro groups is 1. The Hall–Kier alpha value is -3.16. The summed E-state index contributed by atoms with van der Waals surface area (Å²) in [7, 11) is 0. The van der Waals surface area contributed by atoms with Gasteiger partial charge in [0, 0.05) is 23.2 Å². The van der Waals surface area contributed by atoms with Gasteiger partial charge in [0.1, 0.15) is 10.8 Å². The molecule has 0 aliphatic carbocycles. The molecule has 1 N–H and O–H groups in total. The summed E-state index contributed by atoms with van der Waals surface area (Å²) in [4.78, 5) is 22.6. The van der Waals surface area contributed by atoms with Crippen LogP contribution in [0.3, 0.4) is 0 Å². The highest BCUT2D eigenvalue weighted by Gasteiger charge is 2.12. The molecule has 2 aromatic carbocycles. The summed E-state index contributed by atoms with van der Waals surface area (Å²) >= 11 is 11.7. The smallest absolute Gasteiger partial charge is 0.288 e. The fraction of sp³-hybridized carbons (Fsp3) is 0.0526. The second-order valence-corrected chi connectivity index (χ2v) is 6.63. The van der Waals surface area contributed by atoms with Crippen molar-refractivity contribution >= 4 is 46.7 Å². The monoisotopic (exact) mass is 416 g/mol. The van der Waals surface area contributed by atoms with E-state index in [2.05, 4.69) is 10.4 Å². The minimum absolute atomic E-state index is 0.0395. The van der Waals surface area contributed by atoms with Crippen molar-refractivity contribution in [2.24, 2.45) is 0 Å². The predicted molar refractivity (Wildman–Crippen MR) is 109 cm³/mol. The van der Waals surface area contributed by atoms with Gasteiger partial charge in [-0.2, -0.15) is 5.10 Å². The van der Waals surface area contributed by atoms with Gasteiger partial charge in [0.25, 0.3) is 5.69 Å². The van der Waals surface area contributed by atoms with Gasteiger partial charge in [0.15, 0.2) is 0 Å². The number of amides is 1. The second-order valence-electron chi connectivity index (χ2n) is 5.79. The molecule has 28 heavy (non-hydrogen) atoms. The van der Waals surface area contributed by atoms with Crippen molar-refractivity contribution in [2.45, 2.75) is 6.54 Å². The lowest BCUT2D eigenvalue weighted by molar-refractivity contribution is -0.384. The van der Waals surface area contributed by atoms with E-state index in [0.717, 1.165) is 5.56 Å². The molecule has 3 aromatic rings. The summed E-state index contributed by atoms with van der Waals surface area (Å²) in [6.45, 7) is 0.465. The Balaban J connectivity index is 1.68. The number of halogens is 2. The van der Waals surface area contributed by atoms with Crippen LogP contribution in [0.15, 0.2) is 60.8 Å². The van der Waals surface area contributed by atoms with Crippen LogP contribution >= 0.6 is 23.2 Å². The fourth-order valence-electron chi connectivity index (χ4n) is 2.44. The molecular weight excluding hydrogens is 403 g/mol. The first kappa shape index (κ1) is 19.6. The van der Waals surface area contributed by atoms with Gasteiger partial charge in [-0.15, -0.1) is 0 Å². The molecule has 0 unspecified atom stereocenters.